The highest BCUT2D eigenvalue weighted by atomic mass is 32.1. The van der Waals surface area contributed by atoms with Crippen LogP contribution in [0.5, 0.6) is 0 Å². The van der Waals surface area contributed by atoms with Crippen LogP contribution >= 0.6 is 11.3 Å². The predicted molar refractivity (Wildman–Crippen MR) is 81.0 cm³/mol. The molecule has 0 amide bonds. The van der Waals surface area contributed by atoms with Crippen LogP contribution in [-0.4, -0.2) is 14.8 Å². The molecule has 2 aromatic rings. The van der Waals surface area contributed by atoms with Gasteiger partial charge in [0.25, 0.3) is 0 Å². The van der Waals surface area contributed by atoms with E-state index in [9.17, 15) is 0 Å². The van der Waals surface area contributed by atoms with Crippen LogP contribution in [0.2, 0.25) is 0 Å². The Hall–Kier alpha value is -1.36. The lowest BCUT2D eigenvalue weighted by Gasteiger charge is -2.14. The zero-order valence-electron chi connectivity index (χ0n) is 12.5. The van der Waals surface area contributed by atoms with E-state index < -0.39 is 0 Å². The molecule has 0 fully saturated rings. The number of hydrogen-bond acceptors (Lipinski definition) is 4. The molecule has 0 aromatic carbocycles. The highest BCUT2D eigenvalue weighted by molar-refractivity contribution is 7.09. The molecule has 1 N–H and O–H groups in total. The Balaban J connectivity index is 2.24. The monoisotopic (exact) mass is 278 g/mol. The van der Waals surface area contributed by atoms with Crippen molar-refractivity contribution < 1.29 is 0 Å². The van der Waals surface area contributed by atoms with Gasteiger partial charge in [-0.15, -0.1) is 11.3 Å². The van der Waals surface area contributed by atoms with E-state index in [0.717, 1.165) is 22.1 Å². The fourth-order valence-electron chi connectivity index (χ4n) is 2.24. The van der Waals surface area contributed by atoms with Gasteiger partial charge in [-0.2, -0.15) is 5.10 Å². The quantitative estimate of drug-likeness (QED) is 0.918. The molecule has 104 valence electrons. The molecule has 0 saturated heterocycles. The van der Waals surface area contributed by atoms with Gasteiger partial charge in [0, 0.05) is 11.4 Å². The third kappa shape index (κ3) is 2.81. The summed E-state index contributed by atoms with van der Waals surface area (Å²) in [4.78, 5) is 4.54. The number of anilines is 1. The number of nitrogens with one attached hydrogen (secondary N) is 1. The number of aromatic nitrogens is 3. The van der Waals surface area contributed by atoms with Gasteiger partial charge in [0.1, 0.15) is 0 Å². The summed E-state index contributed by atoms with van der Waals surface area (Å²) in [6, 6.07) is 0.582. The van der Waals surface area contributed by atoms with Gasteiger partial charge >= 0.3 is 0 Å². The standard InChI is InChI=1S/C14H22N4S/c1-8(2)18-11(5)14(10(4)17-18)15-9(3)13-7-19-12(6)16-13/h7-9,15H,1-6H3. The summed E-state index contributed by atoms with van der Waals surface area (Å²) in [5, 5.41) is 11.4. The van der Waals surface area contributed by atoms with E-state index in [1.807, 2.05) is 13.8 Å². The maximum absolute atomic E-state index is 4.60. The average Bonchev–Trinajstić information content (AvgIpc) is 2.87. The second-order valence-corrected chi connectivity index (χ2v) is 6.30. The van der Waals surface area contributed by atoms with Crippen molar-refractivity contribution in [2.75, 3.05) is 5.32 Å². The van der Waals surface area contributed by atoms with Gasteiger partial charge in [-0.3, -0.25) is 4.68 Å². The van der Waals surface area contributed by atoms with E-state index >= 15 is 0 Å². The lowest BCUT2D eigenvalue weighted by Crippen LogP contribution is -2.09. The summed E-state index contributed by atoms with van der Waals surface area (Å²) in [6.07, 6.45) is 0. The molecule has 5 heteroatoms. The van der Waals surface area contributed by atoms with E-state index in [4.69, 9.17) is 0 Å². The van der Waals surface area contributed by atoms with Gasteiger partial charge in [0.05, 0.1) is 33.8 Å². The van der Waals surface area contributed by atoms with Crippen LogP contribution in [0.25, 0.3) is 0 Å². The number of thiazole rings is 1. The van der Waals surface area contributed by atoms with E-state index in [2.05, 4.69) is 53.2 Å². The second kappa shape index (κ2) is 5.33. The summed E-state index contributed by atoms with van der Waals surface area (Å²) < 4.78 is 2.07. The molecule has 0 aliphatic rings. The summed E-state index contributed by atoms with van der Waals surface area (Å²) in [7, 11) is 0. The molecule has 2 aromatic heterocycles. The molecule has 4 nitrogen and oxygen atoms in total. The van der Waals surface area contributed by atoms with Crippen molar-refractivity contribution in [3.63, 3.8) is 0 Å². The Morgan fingerprint density at radius 1 is 1.21 bits per heavy atom. The molecule has 0 radical (unpaired) electrons. The SMILES string of the molecule is Cc1nc(C(C)Nc2c(C)nn(C(C)C)c2C)cs1. The van der Waals surface area contributed by atoms with Crippen LogP contribution in [0.1, 0.15) is 54.9 Å². The Labute approximate surface area is 118 Å². The average molecular weight is 278 g/mol. The first-order valence-electron chi connectivity index (χ1n) is 6.64. The van der Waals surface area contributed by atoms with Crippen LogP contribution < -0.4 is 5.32 Å². The molecule has 0 aliphatic carbocycles. The van der Waals surface area contributed by atoms with E-state index in [1.165, 1.54) is 5.69 Å². The summed E-state index contributed by atoms with van der Waals surface area (Å²) in [5.41, 5.74) is 4.46. The summed E-state index contributed by atoms with van der Waals surface area (Å²) in [5.74, 6) is 0. The molecule has 0 aliphatic heterocycles. The lowest BCUT2D eigenvalue weighted by atomic mass is 10.2. The number of hydrogen-bond donors (Lipinski definition) is 1. The highest BCUT2D eigenvalue weighted by Crippen LogP contribution is 2.27. The molecule has 0 spiro atoms. The Kier molecular flexibility index (Phi) is 3.94. The van der Waals surface area contributed by atoms with Crippen molar-refractivity contribution in [3.05, 3.63) is 27.5 Å². The Morgan fingerprint density at radius 3 is 2.37 bits per heavy atom. The predicted octanol–water partition coefficient (Wildman–Crippen LogP) is 4.02. The van der Waals surface area contributed by atoms with Crippen LogP contribution in [0.3, 0.4) is 0 Å². The van der Waals surface area contributed by atoms with Crippen molar-refractivity contribution in [3.8, 4) is 0 Å². The van der Waals surface area contributed by atoms with E-state index in [0.29, 0.717) is 6.04 Å². The zero-order valence-corrected chi connectivity index (χ0v) is 13.3. The van der Waals surface area contributed by atoms with Crippen LogP contribution in [0.15, 0.2) is 5.38 Å². The van der Waals surface area contributed by atoms with Crippen LogP contribution in [0, 0.1) is 20.8 Å². The van der Waals surface area contributed by atoms with Crippen molar-refractivity contribution >= 4 is 17.0 Å². The first kappa shape index (κ1) is 14.1. The Bertz CT molecular complexity index is 568. The van der Waals surface area contributed by atoms with E-state index in [1.54, 1.807) is 11.3 Å². The molecule has 1 unspecified atom stereocenters. The van der Waals surface area contributed by atoms with Gasteiger partial charge in [0.2, 0.25) is 0 Å². The molecule has 2 rings (SSSR count). The maximum Gasteiger partial charge on any atom is 0.0898 e. The number of aryl methyl sites for hydroxylation is 2. The van der Waals surface area contributed by atoms with Gasteiger partial charge in [-0.25, -0.2) is 4.98 Å². The third-order valence-electron chi connectivity index (χ3n) is 3.26. The molecular formula is C14H22N4S. The summed E-state index contributed by atoms with van der Waals surface area (Å²) in [6.45, 7) is 12.6. The van der Waals surface area contributed by atoms with Crippen LogP contribution in [-0.2, 0) is 0 Å². The lowest BCUT2D eigenvalue weighted by molar-refractivity contribution is 0.516. The number of nitrogens with zero attached hydrogens (tertiary/aromatic N) is 3. The second-order valence-electron chi connectivity index (χ2n) is 5.24. The minimum absolute atomic E-state index is 0.201. The van der Waals surface area contributed by atoms with Crippen LogP contribution in [0.4, 0.5) is 5.69 Å². The topological polar surface area (TPSA) is 42.7 Å². The van der Waals surface area contributed by atoms with Gasteiger partial charge in [-0.1, -0.05) is 0 Å². The molecule has 19 heavy (non-hydrogen) atoms. The normalized spacial score (nSPS) is 13.0. The fraction of sp³-hybridized carbons (Fsp3) is 0.571. The first-order chi connectivity index (χ1) is 8.90. The first-order valence-corrected chi connectivity index (χ1v) is 7.52. The van der Waals surface area contributed by atoms with Gasteiger partial charge in [-0.05, 0) is 41.5 Å². The highest BCUT2D eigenvalue weighted by Gasteiger charge is 2.16. The third-order valence-corrected chi connectivity index (χ3v) is 4.05. The Morgan fingerprint density at radius 2 is 1.89 bits per heavy atom. The number of rotatable bonds is 4. The minimum Gasteiger partial charge on any atom is -0.374 e. The zero-order chi connectivity index (χ0) is 14.2. The molecule has 1 atom stereocenters. The van der Waals surface area contributed by atoms with Crippen molar-refractivity contribution in [2.24, 2.45) is 0 Å². The van der Waals surface area contributed by atoms with Gasteiger partial charge < -0.3 is 5.32 Å². The smallest absolute Gasteiger partial charge is 0.0898 e. The fourth-order valence-corrected chi connectivity index (χ4v) is 2.95. The summed E-state index contributed by atoms with van der Waals surface area (Å²) >= 11 is 1.69. The molecular weight excluding hydrogens is 256 g/mol. The van der Waals surface area contributed by atoms with Crippen molar-refractivity contribution in [1.82, 2.24) is 14.8 Å². The van der Waals surface area contributed by atoms with Gasteiger partial charge in [0.15, 0.2) is 0 Å². The van der Waals surface area contributed by atoms with Crippen molar-refractivity contribution in [2.45, 2.75) is 53.6 Å². The maximum atomic E-state index is 4.60. The molecule has 0 bridgehead atoms. The molecule has 2 heterocycles. The largest absolute Gasteiger partial charge is 0.374 e. The van der Waals surface area contributed by atoms with Crippen molar-refractivity contribution in [1.29, 1.82) is 0 Å². The van der Waals surface area contributed by atoms with E-state index in [-0.39, 0.29) is 6.04 Å². The molecule has 0 saturated carbocycles. The minimum atomic E-state index is 0.201.